The van der Waals surface area contributed by atoms with Gasteiger partial charge in [0.2, 0.25) is 0 Å². The zero-order valence-electron chi connectivity index (χ0n) is 15.2. The number of allylic oxidation sites excluding steroid dienone is 1. The molecule has 0 fully saturated rings. The predicted octanol–water partition coefficient (Wildman–Crippen LogP) is 3.32. The molecule has 3 nitrogen and oxygen atoms in total. The Hall–Kier alpha value is -1.71. The van der Waals surface area contributed by atoms with Crippen LogP contribution in [0.1, 0.15) is 42.9 Å². The van der Waals surface area contributed by atoms with E-state index in [4.69, 9.17) is 0 Å². The van der Waals surface area contributed by atoms with Crippen LogP contribution in [0.3, 0.4) is 0 Å². The van der Waals surface area contributed by atoms with E-state index in [2.05, 4.69) is 42.3 Å². The van der Waals surface area contributed by atoms with Crippen molar-refractivity contribution in [2.24, 2.45) is 11.8 Å². The number of carbonyl (C=O) groups is 1. The van der Waals surface area contributed by atoms with Crippen molar-refractivity contribution >= 4 is 16.9 Å². The zero-order valence-corrected chi connectivity index (χ0v) is 15.2. The third-order valence-corrected chi connectivity index (χ3v) is 6.26. The van der Waals surface area contributed by atoms with Gasteiger partial charge in [-0.1, -0.05) is 43.7 Å². The average molecular weight is 337 g/mol. The molecule has 3 aliphatic rings. The topological polar surface area (TPSA) is 40.5 Å². The Bertz CT molecular complexity index is 757. The molecule has 0 saturated carbocycles. The quantitative estimate of drug-likeness (QED) is 0.896. The maximum atomic E-state index is 12.8. The number of rotatable bonds is 5. The number of hydrogen-bond acceptors (Lipinski definition) is 3. The van der Waals surface area contributed by atoms with Gasteiger partial charge in [0.25, 0.3) is 0 Å². The molecule has 1 aromatic carbocycles. The number of Topliss-reactive ketones (excluding diaryl/α,β-unsaturated/α-hetero) is 1. The maximum absolute atomic E-state index is 12.8. The van der Waals surface area contributed by atoms with Gasteiger partial charge < -0.3 is 5.11 Å². The number of hydrogen-bond donors (Lipinski definition) is 1. The van der Waals surface area contributed by atoms with Gasteiger partial charge in [-0.3, -0.25) is 9.69 Å². The lowest BCUT2D eigenvalue weighted by Crippen LogP contribution is -2.43. The number of aliphatic hydroxyl groups is 1. The molecular weight excluding hydrogens is 310 g/mol. The Kier molecular flexibility index (Phi) is 4.38. The van der Waals surface area contributed by atoms with Crippen molar-refractivity contribution < 1.29 is 9.90 Å². The van der Waals surface area contributed by atoms with Crippen LogP contribution in [0.2, 0.25) is 0 Å². The largest absolute Gasteiger partial charge is 0.396 e. The maximum Gasteiger partial charge on any atom is 0.141 e. The molecule has 1 aromatic rings. The summed E-state index contributed by atoms with van der Waals surface area (Å²) in [4.78, 5) is 15.2. The summed E-state index contributed by atoms with van der Waals surface area (Å²) >= 11 is 0. The molecule has 3 heteroatoms. The van der Waals surface area contributed by atoms with Gasteiger partial charge in [0.15, 0.2) is 0 Å². The molecule has 132 valence electrons. The number of carbonyl (C=O) groups excluding carboxylic acids is 1. The summed E-state index contributed by atoms with van der Waals surface area (Å²) in [5.74, 6) is 0.308. The summed E-state index contributed by atoms with van der Waals surface area (Å²) in [7, 11) is 2.14. The van der Waals surface area contributed by atoms with Gasteiger partial charge in [0, 0.05) is 31.5 Å². The van der Waals surface area contributed by atoms with Gasteiger partial charge in [0.1, 0.15) is 5.78 Å². The summed E-state index contributed by atoms with van der Waals surface area (Å²) in [6.45, 7) is 2.93. The van der Waals surface area contributed by atoms with Crippen LogP contribution < -0.4 is 0 Å². The Morgan fingerprint density at radius 1 is 1.40 bits per heavy atom. The standard InChI is InChI=1S/C22H27NO2/c1-3-14(13-24)9-21(25)17-10-19-18-6-4-5-15-7-8-16(22(15)18)11-20(19)23(2)12-17/h4-6,8,10,14,17,20,24H,3,7,9,11-13H2,1-2H3. The van der Waals surface area contributed by atoms with Crippen molar-refractivity contribution in [1.29, 1.82) is 0 Å². The first-order valence-electron chi connectivity index (χ1n) is 9.49. The SMILES string of the molecule is CCC(CO)CC(=O)C1C=C2c3cccc4c3C(=CC4)CC2N(C)C1. The first-order chi connectivity index (χ1) is 12.1. The summed E-state index contributed by atoms with van der Waals surface area (Å²) in [6.07, 6.45) is 8.05. The van der Waals surface area contributed by atoms with E-state index in [1.165, 1.54) is 27.8 Å². The fourth-order valence-corrected chi connectivity index (χ4v) is 4.68. The van der Waals surface area contributed by atoms with Crippen molar-refractivity contribution in [1.82, 2.24) is 4.90 Å². The Labute approximate surface area is 150 Å². The smallest absolute Gasteiger partial charge is 0.141 e. The van der Waals surface area contributed by atoms with Crippen LogP contribution in [0.4, 0.5) is 0 Å². The molecular formula is C22H27NO2. The first-order valence-corrected chi connectivity index (χ1v) is 9.49. The van der Waals surface area contributed by atoms with E-state index in [0.29, 0.717) is 12.5 Å². The van der Waals surface area contributed by atoms with Crippen molar-refractivity contribution in [2.45, 2.75) is 38.6 Å². The van der Waals surface area contributed by atoms with Gasteiger partial charge in [-0.15, -0.1) is 0 Å². The fraction of sp³-hybridized carbons (Fsp3) is 0.500. The van der Waals surface area contributed by atoms with Gasteiger partial charge in [-0.25, -0.2) is 0 Å². The second-order valence-electron chi connectivity index (χ2n) is 7.79. The summed E-state index contributed by atoms with van der Waals surface area (Å²) in [6, 6.07) is 6.99. The minimum absolute atomic E-state index is 0.0559. The van der Waals surface area contributed by atoms with Crippen molar-refractivity contribution in [3.63, 3.8) is 0 Å². The lowest BCUT2D eigenvalue weighted by Gasteiger charge is -2.41. The molecule has 0 aromatic heterocycles. The van der Waals surface area contributed by atoms with Crippen molar-refractivity contribution in [2.75, 3.05) is 20.2 Å². The average Bonchev–Trinajstić information content (AvgIpc) is 3.04. The van der Waals surface area contributed by atoms with E-state index in [-0.39, 0.29) is 24.2 Å². The van der Waals surface area contributed by atoms with Crippen LogP contribution in [0.15, 0.2) is 30.4 Å². The zero-order chi connectivity index (χ0) is 17.6. The molecule has 0 amide bonds. The molecule has 2 aliphatic carbocycles. The molecule has 0 spiro atoms. The van der Waals surface area contributed by atoms with Crippen LogP contribution in [0.5, 0.6) is 0 Å². The summed E-state index contributed by atoms with van der Waals surface area (Å²) in [5.41, 5.74) is 6.99. The van der Waals surface area contributed by atoms with Crippen LogP contribution >= 0.6 is 0 Å². The van der Waals surface area contributed by atoms with Gasteiger partial charge >= 0.3 is 0 Å². The summed E-state index contributed by atoms with van der Waals surface area (Å²) in [5, 5.41) is 9.43. The van der Waals surface area contributed by atoms with Gasteiger partial charge in [-0.05, 0) is 53.6 Å². The second-order valence-corrected chi connectivity index (χ2v) is 7.79. The number of benzene rings is 1. The number of fused-ring (bicyclic) bond motifs is 2. The van der Waals surface area contributed by atoms with E-state index in [1.54, 1.807) is 0 Å². The van der Waals surface area contributed by atoms with Gasteiger partial charge in [-0.2, -0.15) is 0 Å². The first kappa shape index (κ1) is 16.7. The lowest BCUT2D eigenvalue weighted by atomic mass is 9.76. The van der Waals surface area contributed by atoms with Gasteiger partial charge in [0.05, 0.1) is 0 Å². The summed E-state index contributed by atoms with van der Waals surface area (Å²) < 4.78 is 0. The normalized spacial score (nSPS) is 25.7. The molecule has 1 aliphatic heterocycles. The van der Waals surface area contributed by atoms with E-state index >= 15 is 0 Å². The minimum Gasteiger partial charge on any atom is -0.396 e. The second kappa shape index (κ2) is 6.54. The Morgan fingerprint density at radius 2 is 2.24 bits per heavy atom. The lowest BCUT2D eigenvalue weighted by molar-refractivity contribution is -0.123. The van der Waals surface area contributed by atoms with E-state index in [0.717, 1.165) is 25.8 Å². The number of ketones is 1. The highest BCUT2D eigenvalue weighted by molar-refractivity contribution is 5.93. The van der Waals surface area contributed by atoms with E-state index in [1.807, 2.05) is 6.92 Å². The molecule has 25 heavy (non-hydrogen) atoms. The monoisotopic (exact) mass is 337 g/mol. The van der Waals surface area contributed by atoms with Crippen molar-refractivity contribution in [3.8, 4) is 0 Å². The van der Waals surface area contributed by atoms with Crippen molar-refractivity contribution in [3.05, 3.63) is 47.0 Å². The van der Waals surface area contributed by atoms with Crippen LogP contribution in [0.25, 0.3) is 11.1 Å². The highest BCUT2D eigenvalue weighted by Gasteiger charge is 2.37. The predicted molar refractivity (Wildman–Crippen MR) is 101 cm³/mol. The molecule has 0 saturated heterocycles. The Balaban J connectivity index is 1.68. The highest BCUT2D eigenvalue weighted by Crippen LogP contribution is 2.46. The highest BCUT2D eigenvalue weighted by atomic mass is 16.3. The Morgan fingerprint density at radius 3 is 3.00 bits per heavy atom. The molecule has 0 radical (unpaired) electrons. The van der Waals surface area contributed by atoms with Crippen LogP contribution in [-0.4, -0.2) is 42.0 Å². The minimum atomic E-state index is -0.0559. The van der Waals surface area contributed by atoms with E-state index in [9.17, 15) is 9.90 Å². The fourth-order valence-electron chi connectivity index (χ4n) is 4.68. The molecule has 4 rings (SSSR count). The number of aliphatic hydroxyl groups excluding tert-OH is 1. The van der Waals surface area contributed by atoms with E-state index < -0.39 is 0 Å². The molecule has 0 bridgehead atoms. The molecule has 3 atom stereocenters. The molecule has 1 heterocycles. The third-order valence-electron chi connectivity index (χ3n) is 6.26. The third kappa shape index (κ3) is 2.80. The molecule has 1 N–H and O–H groups in total. The molecule has 3 unspecified atom stereocenters. The number of likely N-dealkylation sites (N-methyl/N-ethyl adjacent to an activating group) is 1. The van der Waals surface area contributed by atoms with Crippen LogP contribution in [-0.2, 0) is 11.2 Å². The van der Waals surface area contributed by atoms with Crippen LogP contribution in [0, 0.1) is 11.8 Å². The number of nitrogens with zero attached hydrogens (tertiary/aromatic N) is 1.